The number of carbonyl (C=O) groups excluding carboxylic acids is 1. The molecule has 0 aromatic carbocycles. The first-order chi connectivity index (χ1) is 7.57. The van der Waals surface area contributed by atoms with Crippen LogP contribution in [0.1, 0.15) is 52.4 Å². The summed E-state index contributed by atoms with van der Waals surface area (Å²) in [6.07, 6.45) is 6.39. The molecule has 0 spiro atoms. The molecule has 0 N–H and O–H groups in total. The van der Waals surface area contributed by atoms with Gasteiger partial charge in [-0.2, -0.15) is 5.26 Å². The largest absolute Gasteiger partial charge is 0.333 e. The van der Waals surface area contributed by atoms with Gasteiger partial charge in [0.1, 0.15) is 0 Å². The Kier molecular flexibility index (Phi) is 2.92. The van der Waals surface area contributed by atoms with Crippen molar-refractivity contribution in [3.8, 4) is 6.07 Å². The van der Waals surface area contributed by atoms with Crippen LogP contribution < -0.4 is 0 Å². The molecule has 3 heteroatoms. The van der Waals surface area contributed by atoms with Crippen molar-refractivity contribution in [1.29, 1.82) is 5.26 Å². The average molecular weight is 220 g/mol. The first-order valence-electron chi connectivity index (χ1n) is 6.29. The van der Waals surface area contributed by atoms with Crippen molar-refractivity contribution in [2.45, 2.75) is 64.0 Å². The van der Waals surface area contributed by atoms with Gasteiger partial charge >= 0.3 is 0 Å². The molecule has 2 fully saturated rings. The van der Waals surface area contributed by atoms with Crippen LogP contribution in [0.2, 0.25) is 0 Å². The maximum atomic E-state index is 12.0. The van der Waals surface area contributed by atoms with Crippen molar-refractivity contribution in [3.63, 3.8) is 0 Å². The van der Waals surface area contributed by atoms with Gasteiger partial charge < -0.3 is 4.90 Å². The highest BCUT2D eigenvalue weighted by Crippen LogP contribution is 2.39. The zero-order valence-electron chi connectivity index (χ0n) is 10.2. The molecule has 0 bridgehead atoms. The highest BCUT2D eigenvalue weighted by atomic mass is 16.2. The van der Waals surface area contributed by atoms with Crippen LogP contribution in [0.4, 0.5) is 0 Å². The Morgan fingerprint density at radius 2 is 1.94 bits per heavy atom. The van der Waals surface area contributed by atoms with E-state index in [9.17, 15) is 4.79 Å². The number of amides is 1. The molecule has 0 aromatic rings. The maximum absolute atomic E-state index is 12.0. The second-order valence-corrected chi connectivity index (χ2v) is 5.60. The Balaban J connectivity index is 2.19. The van der Waals surface area contributed by atoms with E-state index in [1.54, 1.807) is 0 Å². The molecule has 3 nitrogen and oxygen atoms in total. The van der Waals surface area contributed by atoms with Gasteiger partial charge in [-0.3, -0.25) is 4.79 Å². The van der Waals surface area contributed by atoms with E-state index >= 15 is 0 Å². The van der Waals surface area contributed by atoms with Crippen molar-refractivity contribution in [2.75, 3.05) is 0 Å². The molecule has 1 saturated carbocycles. The third-order valence-electron chi connectivity index (χ3n) is 4.22. The highest BCUT2D eigenvalue weighted by molar-refractivity contribution is 5.81. The Bertz CT molecular complexity index is 323. The Hall–Kier alpha value is -1.04. The standard InChI is InChI=1S/C13H20N2O/c1-13(2)10(9-14)8-12(16)15(13)11-6-4-3-5-7-11/h10-11H,3-8H2,1-2H3. The molecule has 0 aromatic heterocycles. The summed E-state index contributed by atoms with van der Waals surface area (Å²) in [5.41, 5.74) is -0.270. The lowest BCUT2D eigenvalue weighted by Gasteiger charge is -2.41. The molecule has 1 saturated heterocycles. The van der Waals surface area contributed by atoms with Crippen LogP contribution in [0.15, 0.2) is 0 Å². The zero-order chi connectivity index (χ0) is 11.8. The zero-order valence-corrected chi connectivity index (χ0v) is 10.2. The molecule has 1 aliphatic heterocycles. The van der Waals surface area contributed by atoms with Gasteiger partial charge in [-0.15, -0.1) is 0 Å². The smallest absolute Gasteiger partial charge is 0.224 e. The van der Waals surface area contributed by atoms with Gasteiger partial charge in [0.15, 0.2) is 0 Å². The van der Waals surface area contributed by atoms with E-state index in [2.05, 4.69) is 6.07 Å². The third-order valence-corrected chi connectivity index (χ3v) is 4.22. The van der Waals surface area contributed by atoms with E-state index < -0.39 is 0 Å². The predicted octanol–water partition coefficient (Wildman–Crippen LogP) is 2.47. The van der Waals surface area contributed by atoms with E-state index in [-0.39, 0.29) is 17.4 Å². The van der Waals surface area contributed by atoms with Gasteiger partial charge in [-0.1, -0.05) is 19.3 Å². The lowest BCUT2D eigenvalue weighted by molar-refractivity contribution is -0.134. The van der Waals surface area contributed by atoms with Crippen molar-refractivity contribution in [1.82, 2.24) is 4.90 Å². The van der Waals surface area contributed by atoms with E-state index in [4.69, 9.17) is 5.26 Å². The van der Waals surface area contributed by atoms with E-state index in [1.165, 1.54) is 19.3 Å². The summed E-state index contributed by atoms with van der Waals surface area (Å²) in [6, 6.07) is 2.68. The molecular weight excluding hydrogens is 200 g/mol. The fourth-order valence-electron chi connectivity index (χ4n) is 3.23. The van der Waals surface area contributed by atoms with Crippen LogP contribution in [0.3, 0.4) is 0 Å². The minimum atomic E-state index is -0.270. The number of hydrogen-bond acceptors (Lipinski definition) is 2. The van der Waals surface area contributed by atoms with Gasteiger partial charge in [0.05, 0.1) is 17.5 Å². The van der Waals surface area contributed by atoms with Crippen molar-refractivity contribution in [2.24, 2.45) is 5.92 Å². The van der Waals surface area contributed by atoms with Crippen LogP contribution in [0.25, 0.3) is 0 Å². The second kappa shape index (κ2) is 4.08. The molecule has 16 heavy (non-hydrogen) atoms. The van der Waals surface area contributed by atoms with E-state index in [0.717, 1.165) is 12.8 Å². The van der Waals surface area contributed by atoms with Crippen LogP contribution in [-0.2, 0) is 4.79 Å². The van der Waals surface area contributed by atoms with Crippen LogP contribution >= 0.6 is 0 Å². The van der Waals surface area contributed by atoms with Gasteiger partial charge in [0, 0.05) is 12.5 Å². The third kappa shape index (κ3) is 1.71. The molecule has 2 aliphatic rings. The molecule has 1 amide bonds. The Morgan fingerprint density at radius 1 is 1.31 bits per heavy atom. The molecule has 0 radical (unpaired) electrons. The van der Waals surface area contributed by atoms with Crippen molar-refractivity contribution in [3.05, 3.63) is 0 Å². The van der Waals surface area contributed by atoms with Gasteiger partial charge in [0.2, 0.25) is 5.91 Å². The lowest BCUT2D eigenvalue weighted by atomic mass is 9.86. The molecule has 88 valence electrons. The van der Waals surface area contributed by atoms with Crippen LogP contribution in [0, 0.1) is 17.2 Å². The highest BCUT2D eigenvalue weighted by Gasteiger charge is 2.49. The number of hydrogen-bond donors (Lipinski definition) is 0. The van der Waals surface area contributed by atoms with E-state index in [1.807, 2.05) is 18.7 Å². The summed E-state index contributed by atoms with van der Waals surface area (Å²) in [5, 5.41) is 9.11. The summed E-state index contributed by atoms with van der Waals surface area (Å²) >= 11 is 0. The first kappa shape index (κ1) is 11.4. The summed E-state index contributed by atoms with van der Waals surface area (Å²) in [6.45, 7) is 4.08. The summed E-state index contributed by atoms with van der Waals surface area (Å²) in [7, 11) is 0. The fraction of sp³-hybridized carbons (Fsp3) is 0.846. The first-order valence-corrected chi connectivity index (χ1v) is 6.29. The van der Waals surface area contributed by atoms with E-state index in [0.29, 0.717) is 12.5 Å². The fourth-order valence-corrected chi connectivity index (χ4v) is 3.23. The maximum Gasteiger partial charge on any atom is 0.224 e. The number of rotatable bonds is 1. The Labute approximate surface area is 97.4 Å². The van der Waals surface area contributed by atoms with Crippen molar-refractivity contribution >= 4 is 5.91 Å². The second-order valence-electron chi connectivity index (χ2n) is 5.60. The quantitative estimate of drug-likeness (QED) is 0.681. The molecule has 1 atom stereocenters. The normalized spacial score (nSPS) is 30.4. The lowest BCUT2D eigenvalue weighted by Crippen LogP contribution is -2.50. The summed E-state index contributed by atoms with van der Waals surface area (Å²) < 4.78 is 0. The SMILES string of the molecule is CC1(C)C(C#N)CC(=O)N1C1CCCCC1. The molecule has 1 heterocycles. The number of likely N-dealkylation sites (tertiary alicyclic amines) is 1. The van der Waals surface area contributed by atoms with Gasteiger partial charge in [-0.05, 0) is 26.7 Å². The van der Waals surface area contributed by atoms with Crippen LogP contribution in [-0.4, -0.2) is 22.4 Å². The average Bonchev–Trinajstić information content (AvgIpc) is 2.49. The molecule has 1 aliphatic carbocycles. The minimum absolute atomic E-state index is 0.137. The molecular formula is C13H20N2O. The molecule has 1 unspecified atom stereocenters. The number of carbonyl (C=O) groups is 1. The Morgan fingerprint density at radius 3 is 2.44 bits per heavy atom. The summed E-state index contributed by atoms with van der Waals surface area (Å²) in [5.74, 6) is 0.0466. The monoisotopic (exact) mass is 220 g/mol. The molecule has 2 rings (SSSR count). The van der Waals surface area contributed by atoms with Crippen molar-refractivity contribution < 1.29 is 4.79 Å². The van der Waals surface area contributed by atoms with Crippen LogP contribution in [0.5, 0.6) is 0 Å². The predicted molar refractivity (Wildman–Crippen MR) is 61.5 cm³/mol. The number of nitriles is 1. The number of nitrogens with zero attached hydrogens (tertiary/aromatic N) is 2. The topological polar surface area (TPSA) is 44.1 Å². The van der Waals surface area contributed by atoms with Gasteiger partial charge in [0.25, 0.3) is 0 Å². The minimum Gasteiger partial charge on any atom is -0.333 e. The van der Waals surface area contributed by atoms with Gasteiger partial charge in [-0.25, -0.2) is 0 Å². The summed E-state index contributed by atoms with van der Waals surface area (Å²) in [4.78, 5) is 14.0.